The largest absolute Gasteiger partial charge is 0.394 e. The first-order valence-electron chi connectivity index (χ1n) is 6.22. The van der Waals surface area contributed by atoms with Crippen molar-refractivity contribution in [1.82, 2.24) is 5.32 Å². The normalized spacial score (nSPS) is 14.2. The summed E-state index contributed by atoms with van der Waals surface area (Å²) < 4.78 is 0. The van der Waals surface area contributed by atoms with Crippen LogP contribution in [0.4, 0.5) is 0 Å². The quantitative estimate of drug-likeness (QED) is 0.693. The monoisotopic (exact) mass is 283 g/mol. The van der Waals surface area contributed by atoms with Gasteiger partial charge in [0.2, 0.25) is 5.91 Å². The van der Waals surface area contributed by atoms with Gasteiger partial charge in [-0.15, -0.1) is 11.8 Å². The number of aliphatic hydroxyl groups excluding tert-OH is 2. The van der Waals surface area contributed by atoms with E-state index in [-0.39, 0.29) is 18.4 Å². The maximum atomic E-state index is 11.6. The van der Waals surface area contributed by atoms with Gasteiger partial charge in [0.1, 0.15) is 6.10 Å². The molecular weight excluding hydrogens is 262 g/mol. The molecule has 1 aromatic carbocycles. The second kappa shape index (κ2) is 7.53. The highest BCUT2D eigenvalue weighted by atomic mass is 32.2. The Morgan fingerprint density at radius 3 is 2.32 bits per heavy atom. The van der Waals surface area contributed by atoms with Crippen molar-refractivity contribution in [2.75, 3.05) is 12.9 Å². The fourth-order valence-corrected chi connectivity index (χ4v) is 2.02. The Labute approximate surface area is 118 Å². The highest BCUT2D eigenvalue weighted by molar-refractivity contribution is 7.98. The van der Waals surface area contributed by atoms with E-state index >= 15 is 0 Å². The minimum atomic E-state index is -0.913. The number of carbonyl (C=O) groups excluding carboxylic acids is 1. The third-order valence-corrected chi connectivity index (χ3v) is 3.63. The molecule has 5 heteroatoms. The Morgan fingerprint density at radius 1 is 1.32 bits per heavy atom. The molecule has 3 N–H and O–H groups in total. The average molecular weight is 283 g/mol. The van der Waals surface area contributed by atoms with E-state index in [4.69, 9.17) is 0 Å². The van der Waals surface area contributed by atoms with Gasteiger partial charge in [-0.3, -0.25) is 4.79 Å². The van der Waals surface area contributed by atoms with Crippen molar-refractivity contribution in [1.29, 1.82) is 0 Å². The first-order valence-corrected chi connectivity index (χ1v) is 7.45. The Hall–Kier alpha value is -1.04. The van der Waals surface area contributed by atoms with Gasteiger partial charge in [0.25, 0.3) is 0 Å². The number of benzene rings is 1. The predicted molar refractivity (Wildman–Crippen MR) is 77.0 cm³/mol. The van der Waals surface area contributed by atoms with Crippen molar-refractivity contribution < 1.29 is 15.0 Å². The summed E-state index contributed by atoms with van der Waals surface area (Å²) in [6.07, 6.45) is 1.06. The van der Waals surface area contributed by atoms with Crippen molar-refractivity contribution in [3.05, 3.63) is 29.8 Å². The molecule has 19 heavy (non-hydrogen) atoms. The molecule has 1 rings (SSSR count). The highest BCUT2D eigenvalue weighted by Gasteiger charge is 2.23. The Balaban J connectivity index is 2.76. The molecule has 0 aliphatic carbocycles. The number of carbonyl (C=O) groups is 1. The SMILES string of the molecule is CSc1ccc([C@@H](O)[C@H](CO)NC(=O)C(C)C)cc1. The van der Waals surface area contributed by atoms with E-state index in [1.54, 1.807) is 37.7 Å². The van der Waals surface area contributed by atoms with Crippen LogP contribution in [0.3, 0.4) is 0 Å². The molecule has 0 fully saturated rings. The maximum absolute atomic E-state index is 11.6. The molecule has 0 radical (unpaired) electrons. The summed E-state index contributed by atoms with van der Waals surface area (Å²) in [6.45, 7) is 3.23. The van der Waals surface area contributed by atoms with Gasteiger partial charge in [0.05, 0.1) is 12.6 Å². The lowest BCUT2D eigenvalue weighted by Gasteiger charge is -2.23. The number of amides is 1. The third kappa shape index (κ3) is 4.53. The zero-order valence-electron chi connectivity index (χ0n) is 11.5. The zero-order chi connectivity index (χ0) is 14.4. The van der Waals surface area contributed by atoms with Gasteiger partial charge >= 0.3 is 0 Å². The van der Waals surface area contributed by atoms with Crippen LogP contribution in [0.25, 0.3) is 0 Å². The van der Waals surface area contributed by atoms with Crippen LogP contribution in [0.5, 0.6) is 0 Å². The Bertz CT molecular complexity index is 406. The first-order chi connectivity index (χ1) is 8.99. The summed E-state index contributed by atoms with van der Waals surface area (Å²) in [5.41, 5.74) is 0.681. The average Bonchev–Trinajstić information content (AvgIpc) is 2.43. The number of hydrogen-bond donors (Lipinski definition) is 3. The molecule has 0 spiro atoms. The van der Waals surface area contributed by atoms with Crippen LogP contribution in [0, 0.1) is 5.92 Å². The van der Waals surface area contributed by atoms with Crippen LogP contribution in [0.2, 0.25) is 0 Å². The third-order valence-electron chi connectivity index (χ3n) is 2.89. The summed E-state index contributed by atoms with van der Waals surface area (Å²) in [4.78, 5) is 12.7. The van der Waals surface area contributed by atoms with Crippen LogP contribution in [0.1, 0.15) is 25.5 Å². The summed E-state index contributed by atoms with van der Waals surface area (Å²) >= 11 is 1.62. The van der Waals surface area contributed by atoms with Crippen molar-refractivity contribution >= 4 is 17.7 Å². The molecule has 1 amide bonds. The minimum Gasteiger partial charge on any atom is -0.394 e. The second-order valence-electron chi connectivity index (χ2n) is 4.67. The smallest absolute Gasteiger partial charge is 0.222 e. The Kier molecular flexibility index (Phi) is 6.34. The van der Waals surface area contributed by atoms with Crippen molar-refractivity contribution in [3.8, 4) is 0 Å². The fraction of sp³-hybridized carbons (Fsp3) is 0.500. The summed E-state index contributed by atoms with van der Waals surface area (Å²) in [7, 11) is 0. The molecular formula is C14H21NO3S. The molecule has 0 aromatic heterocycles. The number of thioether (sulfide) groups is 1. The van der Waals surface area contributed by atoms with E-state index in [2.05, 4.69) is 5.32 Å². The Morgan fingerprint density at radius 2 is 1.89 bits per heavy atom. The van der Waals surface area contributed by atoms with E-state index in [0.29, 0.717) is 5.56 Å². The van der Waals surface area contributed by atoms with Gasteiger partial charge in [-0.05, 0) is 24.0 Å². The van der Waals surface area contributed by atoms with Gasteiger partial charge in [-0.2, -0.15) is 0 Å². The topological polar surface area (TPSA) is 69.6 Å². The van der Waals surface area contributed by atoms with E-state index < -0.39 is 12.1 Å². The zero-order valence-corrected chi connectivity index (χ0v) is 12.3. The molecule has 0 aliphatic heterocycles. The van der Waals surface area contributed by atoms with Gasteiger partial charge in [0.15, 0.2) is 0 Å². The number of hydrogen-bond acceptors (Lipinski definition) is 4. The molecule has 0 saturated heterocycles. The molecule has 106 valence electrons. The summed E-state index contributed by atoms with van der Waals surface area (Å²) in [5, 5.41) is 22.2. The molecule has 2 atom stereocenters. The number of aliphatic hydroxyl groups is 2. The molecule has 1 aromatic rings. The van der Waals surface area contributed by atoms with Gasteiger partial charge < -0.3 is 15.5 Å². The number of rotatable bonds is 6. The van der Waals surface area contributed by atoms with Crippen LogP contribution in [-0.4, -0.2) is 35.0 Å². The van der Waals surface area contributed by atoms with Crippen molar-refractivity contribution in [2.24, 2.45) is 5.92 Å². The number of nitrogens with one attached hydrogen (secondary N) is 1. The van der Waals surface area contributed by atoms with Gasteiger partial charge in [-0.1, -0.05) is 26.0 Å². The highest BCUT2D eigenvalue weighted by Crippen LogP contribution is 2.21. The van der Waals surface area contributed by atoms with Crippen LogP contribution in [-0.2, 0) is 4.79 Å². The van der Waals surface area contributed by atoms with Crippen LogP contribution >= 0.6 is 11.8 Å². The maximum Gasteiger partial charge on any atom is 0.222 e. The van der Waals surface area contributed by atoms with Gasteiger partial charge in [-0.25, -0.2) is 0 Å². The molecule has 0 saturated carbocycles. The van der Waals surface area contributed by atoms with E-state index in [1.165, 1.54) is 0 Å². The van der Waals surface area contributed by atoms with Crippen LogP contribution in [0.15, 0.2) is 29.2 Å². The second-order valence-corrected chi connectivity index (χ2v) is 5.55. The summed E-state index contributed by atoms with van der Waals surface area (Å²) in [5.74, 6) is -0.362. The predicted octanol–water partition coefficient (Wildman–Crippen LogP) is 1.58. The van der Waals surface area contributed by atoms with Crippen LogP contribution < -0.4 is 5.32 Å². The lowest BCUT2D eigenvalue weighted by Crippen LogP contribution is -2.43. The van der Waals surface area contributed by atoms with E-state index in [0.717, 1.165) is 4.90 Å². The molecule has 4 nitrogen and oxygen atoms in total. The van der Waals surface area contributed by atoms with E-state index in [1.807, 2.05) is 18.4 Å². The minimum absolute atomic E-state index is 0.180. The van der Waals surface area contributed by atoms with Crippen molar-refractivity contribution in [3.63, 3.8) is 0 Å². The first kappa shape index (κ1) is 16.0. The molecule has 0 bridgehead atoms. The standard InChI is InChI=1S/C14H21NO3S/c1-9(2)14(18)15-12(8-16)13(17)10-4-6-11(19-3)7-5-10/h4-7,9,12-13,16-17H,8H2,1-3H3,(H,15,18)/t12-,13+/m0/s1. The molecule has 0 unspecified atom stereocenters. The molecule has 0 heterocycles. The van der Waals surface area contributed by atoms with E-state index in [9.17, 15) is 15.0 Å². The molecule has 0 aliphatic rings. The fourth-order valence-electron chi connectivity index (χ4n) is 1.61. The lowest BCUT2D eigenvalue weighted by atomic mass is 10.0. The lowest BCUT2D eigenvalue weighted by molar-refractivity contribution is -0.126. The van der Waals surface area contributed by atoms with Gasteiger partial charge in [0, 0.05) is 10.8 Å². The summed E-state index contributed by atoms with van der Waals surface area (Å²) in [6, 6.07) is 6.74. The van der Waals surface area contributed by atoms with Crippen molar-refractivity contribution in [2.45, 2.75) is 30.9 Å².